The molecule has 3 rings (SSSR count). The lowest BCUT2D eigenvalue weighted by Crippen LogP contribution is -3.00. The maximum atomic E-state index is 14.7. The molecule has 0 aliphatic carbocycles. The lowest BCUT2D eigenvalue weighted by atomic mass is 9.89. The predicted molar refractivity (Wildman–Crippen MR) is 107 cm³/mol. The molecule has 0 fully saturated rings. The molecule has 0 spiro atoms. The summed E-state index contributed by atoms with van der Waals surface area (Å²) in [6.07, 6.45) is 4.51. The first-order valence-corrected chi connectivity index (χ1v) is 9.86. The van der Waals surface area contributed by atoms with Crippen molar-refractivity contribution >= 4 is 11.4 Å². The zero-order chi connectivity index (χ0) is 20.3. The van der Waals surface area contributed by atoms with E-state index in [0.29, 0.717) is 17.9 Å². The Morgan fingerprint density at radius 1 is 1.03 bits per heavy atom. The molecule has 1 unspecified atom stereocenters. The van der Waals surface area contributed by atoms with Crippen LogP contribution in [0.2, 0.25) is 0 Å². The Morgan fingerprint density at radius 2 is 1.66 bits per heavy atom. The highest BCUT2D eigenvalue weighted by Crippen LogP contribution is 2.37. The van der Waals surface area contributed by atoms with Gasteiger partial charge < -0.3 is 21.9 Å². The molecule has 2 aromatic rings. The second kappa shape index (κ2) is 10.1. The summed E-state index contributed by atoms with van der Waals surface area (Å²) in [6, 6.07) is 7.89. The average Bonchev–Trinajstić information content (AvgIpc) is 2.68. The minimum atomic E-state index is -0.538. The Kier molecular flexibility index (Phi) is 8.03. The SMILES string of the molecule is CCCCCC1=[N+](c2c(F)cccc2F)C(C)Cc2cc(OC)c(OC)cc21.[Cl-]. The topological polar surface area (TPSA) is 21.5 Å². The number of halogens is 3. The first kappa shape index (κ1) is 23.1. The maximum Gasteiger partial charge on any atom is 0.277 e. The summed E-state index contributed by atoms with van der Waals surface area (Å²) in [6.45, 7) is 4.15. The molecule has 0 amide bonds. The maximum absolute atomic E-state index is 14.7. The number of hydrogen-bond donors (Lipinski definition) is 0. The van der Waals surface area contributed by atoms with Gasteiger partial charge in [-0.3, -0.25) is 0 Å². The number of methoxy groups -OCH3 is 2. The smallest absolute Gasteiger partial charge is 0.277 e. The fourth-order valence-corrected chi connectivity index (χ4v) is 4.04. The average molecular weight is 424 g/mol. The monoisotopic (exact) mass is 423 g/mol. The number of para-hydroxylation sites is 1. The molecule has 0 saturated heterocycles. The van der Waals surface area contributed by atoms with Crippen molar-refractivity contribution in [2.75, 3.05) is 14.2 Å². The van der Waals surface area contributed by atoms with Gasteiger partial charge in [0.15, 0.2) is 34.9 Å². The van der Waals surface area contributed by atoms with E-state index in [2.05, 4.69) is 6.92 Å². The number of unbranched alkanes of at least 4 members (excludes halogenated alkanes) is 2. The molecule has 2 aromatic carbocycles. The van der Waals surface area contributed by atoms with Crippen molar-refractivity contribution in [2.24, 2.45) is 0 Å². The Labute approximate surface area is 177 Å². The van der Waals surface area contributed by atoms with Crippen molar-refractivity contribution in [2.45, 2.75) is 52.0 Å². The molecule has 1 aliphatic rings. The van der Waals surface area contributed by atoms with E-state index in [1.54, 1.807) is 14.2 Å². The standard InChI is InChI=1S/C23H28F2NO2.ClH/c1-5-6-7-11-20-17-14-22(28-4)21(27-3)13-16(17)12-15(2)26(20)23-18(24)9-8-10-19(23)25;/h8-10,13-15H,5-7,11-12H2,1-4H3;1H/q+1;/p-1. The molecule has 1 heterocycles. The molecular formula is C23H28ClF2NO2. The molecular weight excluding hydrogens is 396 g/mol. The number of fused-ring (bicyclic) bond motifs is 1. The molecule has 3 nitrogen and oxygen atoms in total. The van der Waals surface area contributed by atoms with Gasteiger partial charge >= 0.3 is 0 Å². The number of rotatable bonds is 7. The molecule has 29 heavy (non-hydrogen) atoms. The van der Waals surface area contributed by atoms with Gasteiger partial charge in [0, 0.05) is 18.4 Å². The fourth-order valence-electron chi connectivity index (χ4n) is 4.04. The van der Waals surface area contributed by atoms with Gasteiger partial charge in [-0.25, -0.2) is 0 Å². The van der Waals surface area contributed by atoms with Crippen molar-refractivity contribution in [3.8, 4) is 11.5 Å². The number of benzene rings is 2. The van der Waals surface area contributed by atoms with Gasteiger partial charge in [0.2, 0.25) is 0 Å². The van der Waals surface area contributed by atoms with Gasteiger partial charge in [0.05, 0.1) is 14.2 Å². The molecule has 6 heteroatoms. The van der Waals surface area contributed by atoms with Crippen molar-refractivity contribution in [3.63, 3.8) is 0 Å². The summed E-state index contributed by atoms with van der Waals surface area (Å²) in [5.74, 6) is 0.220. The van der Waals surface area contributed by atoms with Gasteiger partial charge in [-0.2, -0.15) is 13.4 Å². The van der Waals surface area contributed by atoms with Gasteiger partial charge in [-0.15, -0.1) is 0 Å². The third kappa shape index (κ3) is 4.55. The van der Waals surface area contributed by atoms with Crippen molar-refractivity contribution in [1.29, 1.82) is 0 Å². The number of hydrogen-bond acceptors (Lipinski definition) is 2. The van der Waals surface area contributed by atoms with E-state index in [4.69, 9.17) is 9.47 Å². The van der Waals surface area contributed by atoms with Crippen molar-refractivity contribution in [1.82, 2.24) is 0 Å². The van der Waals surface area contributed by atoms with Crippen molar-refractivity contribution in [3.05, 3.63) is 53.1 Å². The van der Waals surface area contributed by atoms with Crippen molar-refractivity contribution < 1.29 is 35.2 Å². The minimum absolute atomic E-state index is 0. The summed E-state index contributed by atoms with van der Waals surface area (Å²) in [5.41, 5.74) is 3.06. The number of nitrogens with zero attached hydrogens (tertiary/aromatic N) is 1. The summed E-state index contributed by atoms with van der Waals surface area (Å²) >= 11 is 0. The van der Waals surface area contributed by atoms with Crippen LogP contribution in [0.25, 0.3) is 0 Å². The van der Waals surface area contributed by atoms with Crippen LogP contribution in [-0.2, 0) is 6.42 Å². The third-order valence-electron chi connectivity index (χ3n) is 5.36. The van der Waals surface area contributed by atoms with Gasteiger partial charge in [-0.1, -0.05) is 25.8 Å². The predicted octanol–water partition coefficient (Wildman–Crippen LogP) is 2.64. The molecule has 0 bridgehead atoms. The molecule has 0 radical (unpaired) electrons. The van der Waals surface area contributed by atoms with Crippen LogP contribution in [0.1, 0.15) is 50.7 Å². The summed E-state index contributed by atoms with van der Waals surface area (Å²) in [7, 11) is 3.21. The van der Waals surface area contributed by atoms with Crippen LogP contribution >= 0.6 is 0 Å². The molecule has 158 valence electrons. The van der Waals surface area contributed by atoms with E-state index in [1.165, 1.54) is 18.2 Å². The lowest BCUT2D eigenvalue weighted by molar-refractivity contribution is -0.487. The molecule has 1 aliphatic heterocycles. The molecule has 0 N–H and O–H groups in total. The van der Waals surface area contributed by atoms with E-state index in [9.17, 15) is 8.78 Å². The quantitative estimate of drug-likeness (QED) is 0.504. The van der Waals surface area contributed by atoms with Gasteiger partial charge in [0.25, 0.3) is 5.69 Å². The van der Waals surface area contributed by atoms with Crippen LogP contribution in [0.5, 0.6) is 11.5 Å². The first-order valence-electron chi connectivity index (χ1n) is 9.86. The fraction of sp³-hybridized carbons (Fsp3) is 0.435. The summed E-state index contributed by atoms with van der Waals surface area (Å²) in [4.78, 5) is 0. The second-order valence-electron chi connectivity index (χ2n) is 7.26. The highest BCUT2D eigenvalue weighted by molar-refractivity contribution is 6.00. The Hall–Kier alpha value is -2.14. The van der Waals surface area contributed by atoms with Gasteiger partial charge in [0.1, 0.15) is 0 Å². The zero-order valence-corrected chi connectivity index (χ0v) is 18.2. The van der Waals surface area contributed by atoms with E-state index < -0.39 is 11.6 Å². The Morgan fingerprint density at radius 3 is 2.24 bits per heavy atom. The van der Waals surface area contributed by atoms with Crippen LogP contribution < -0.4 is 21.9 Å². The first-order chi connectivity index (χ1) is 13.5. The van der Waals surface area contributed by atoms with Crippen LogP contribution in [0.4, 0.5) is 14.5 Å². The summed E-state index contributed by atoms with van der Waals surface area (Å²) < 4.78 is 42.1. The number of ether oxygens (including phenoxy) is 2. The van der Waals surface area contributed by atoms with Crippen LogP contribution in [0, 0.1) is 11.6 Å². The van der Waals surface area contributed by atoms with E-state index in [0.717, 1.165) is 42.5 Å². The van der Waals surface area contributed by atoms with E-state index >= 15 is 0 Å². The van der Waals surface area contributed by atoms with Gasteiger partial charge in [-0.05, 0) is 43.2 Å². The highest BCUT2D eigenvalue weighted by Gasteiger charge is 2.36. The van der Waals surface area contributed by atoms with E-state index in [1.807, 2.05) is 23.6 Å². The van der Waals surface area contributed by atoms with Crippen LogP contribution in [-0.4, -0.2) is 30.5 Å². The highest BCUT2D eigenvalue weighted by atomic mass is 35.5. The molecule has 0 saturated carbocycles. The third-order valence-corrected chi connectivity index (χ3v) is 5.36. The van der Waals surface area contributed by atoms with Crippen LogP contribution in [0.15, 0.2) is 30.3 Å². The zero-order valence-electron chi connectivity index (χ0n) is 17.4. The van der Waals surface area contributed by atoms with E-state index in [-0.39, 0.29) is 24.1 Å². The second-order valence-corrected chi connectivity index (χ2v) is 7.26. The largest absolute Gasteiger partial charge is 1.00 e. The molecule has 0 aromatic heterocycles. The molecule has 1 atom stereocenters. The summed E-state index contributed by atoms with van der Waals surface area (Å²) in [5, 5.41) is 0. The normalized spacial score (nSPS) is 15.6. The Balaban J connectivity index is 0.00000300. The van der Waals surface area contributed by atoms with Crippen LogP contribution in [0.3, 0.4) is 0 Å². The minimum Gasteiger partial charge on any atom is -1.00 e. The Bertz CT molecular complexity index is 878. The lowest BCUT2D eigenvalue weighted by Gasteiger charge is -2.25.